The van der Waals surface area contributed by atoms with E-state index in [0.717, 1.165) is 11.4 Å². The molecule has 0 atom stereocenters. The van der Waals surface area contributed by atoms with Gasteiger partial charge in [-0.25, -0.2) is 15.0 Å². The number of pyridine rings is 1. The Morgan fingerprint density at radius 1 is 1.23 bits per heavy atom. The van der Waals surface area contributed by atoms with Gasteiger partial charge in [-0.1, -0.05) is 11.8 Å². The maximum atomic E-state index is 12.1. The number of aryl methyl sites for hydroxylation is 2. The van der Waals surface area contributed by atoms with Gasteiger partial charge in [0.15, 0.2) is 11.8 Å². The molecule has 0 saturated carbocycles. The average molecular weight is 386 g/mol. The van der Waals surface area contributed by atoms with Gasteiger partial charge < -0.3 is 10.1 Å². The standard InChI is InChI=1S/C16H17F3N4O2S/c1-10-5-11(2)23-15(22-10)26-8-13(24)21-7-12-3-4-20-14(6-12)25-9-16(17,18)19/h3-6H,7-9H2,1-2H3,(H,21,24). The predicted octanol–water partition coefficient (Wildman–Crippen LogP) is 2.84. The number of halogens is 3. The summed E-state index contributed by atoms with van der Waals surface area (Å²) in [6.45, 7) is 2.43. The summed E-state index contributed by atoms with van der Waals surface area (Å²) in [6, 6.07) is 4.78. The summed E-state index contributed by atoms with van der Waals surface area (Å²) in [6.07, 6.45) is -3.11. The van der Waals surface area contributed by atoms with Gasteiger partial charge in [-0.05, 0) is 31.5 Å². The van der Waals surface area contributed by atoms with Gasteiger partial charge in [-0.15, -0.1) is 0 Å². The van der Waals surface area contributed by atoms with E-state index >= 15 is 0 Å². The number of nitrogens with one attached hydrogen (secondary N) is 1. The number of alkyl halides is 3. The van der Waals surface area contributed by atoms with Gasteiger partial charge in [0.2, 0.25) is 11.8 Å². The fourth-order valence-electron chi connectivity index (χ4n) is 1.94. The Hall–Kier alpha value is -2.36. The molecular formula is C16H17F3N4O2S. The van der Waals surface area contributed by atoms with E-state index in [1.807, 2.05) is 19.9 Å². The van der Waals surface area contributed by atoms with Gasteiger partial charge in [0, 0.05) is 30.2 Å². The number of aromatic nitrogens is 3. The van der Waals surface area contributed by atoms with Crippen molar-refractivity contribution in [1.82, 2.24) is 20.3 Å². The number of amides is 1. The predicted molar refractivity (Wildman–Crippen MR) is 89.9 cm³/mol. The molecule has 2 aromatic heterocycles. The van der Waals surface area contributed by atoms with E-state index in [0.29, 0.717) is 10.7 Å². The van der Waals surface area contributed by atoms with Crippen LogP contribution in [0.4, 0.5) is 13.2 Å². The Balaban J connectivity index is 1.81. The van der Waals surface area contributed by atoms with Crippen molar-refractivity contribution in [2.75, 3.05) is 12.4 Å². The van der Waals surface area contributed by atoms with Crippen LogP contribution in [-0.2, 0) is 11.3 Å². The van der Waals surface area contributed by atoms with Crippen molar-refractivity contribution in [3.63, 3.8) is 0 Å². The smallest absolute Gasteiger partial charge is 0.422 e. The zero-order valence-electron chi connectivity index (χ0n) is 14.1. The fourth-order valence-corrected chi connectivity index (χ4v) is 2.71. The van der Waals surface area contributed by atoms with Gasteiger partial charge in [0.25, 0.3) is 0 Å². The minimum Gasteiger partial charge on any atom is -0.468 e. The van der Waals surface area contributed by atoms with Crippen LogP contribution in [0, 0.1) is 13.8 Å². The Labute approximate surface area is 152 Å². The second-order valence-corrected chi connectivity index (χ2v) is 6.35. The molecule has 0 spiro atoms. The number of carbonyl (C=O) groups is 1. The minimum atomic E-state index is -4.43. The highest BCUT2D eigenvalue weighted by Crippen LogP contribution is 2.18. The van der Waals surface area contributed by atoms with Crippen LogP contribution in [0.2, 0.25) is 0 Å². The molecule has 0 aliphatic carbocycles. The highest BCUT2D eigenvalue weighted by atomic mass is 32.2. The number of nitrogens with zero attached hydrogens (tertiary/aromatic N) is 3. The molecule has 0 fully saturated rings. The van der Waals surface area contributed by atoms with Crippen molar-refractivity contribution in [1.29, 1.82) is 0 Å². The molecule has 0 radical (unpaired) electrons. The largest absolute Gasteiger partial charge is 0.468 e. The molecule has 0 saturated heterocycles. The zero-order chi connectivity index (χ0) is 19.2. The van der Waals surface area contributed by atoms with E-state index in [4.69, 9.17) is 0 Å². The summed E-state index contributed by atoms with van der Waals surface area (Å²) in [5.41, 5.74) is 2.23. The van der Waals surface area contributed by atoms with Gasteiger partial charge >= 0.3 is 6.18 Å². The minimum absolute atomic E-state index is 0.130. The maximum Gasteiger partial charge on any atom is 0.422 e. The van der Waals surface area contributed by atoms with E-state index < -0.39 is 12.8 Å². The third-order valence-corrected chi connectivity index (χ3v) is 3.81. The van der Waals surface area contributed by atoms with E-state index in [1.165, 1.54) is 24.0 Å². The normalized spacial score (nSPS) is 11.3. The summed E-state index contributed by atoms with van der Waals surface area (Å²) < 4.78 is 41.0. The summed E-state index contributed by atoms with van der Waals surface area (Å²) >= 11 is 1.21. The Bertz CT molecular complexity index is 751. The lowest BCUT2D eigenvalue weighted by atomic mass is 10.2. The molecule has 0 bridgehead atoms. The zero-order valence-corrected chi connectivity index (χ0v) is 14.9. The number of ether oxygens (including phenoxy) is 1. The van der Waals surface area contributed by atoms with E-state index in [1.54, 1.807) is 6.07 Å². The van der Waals surface area contributed by atoms with Crippen LogP contribution >= 0.6 is 11.8 Å². The quantitative estimate of drug-likeness (QED) is 0.583. The molecule has 0 aliphatic rings. The van der Waals surface area contributed by atoms with E-state index in [9.17, 15) is 18.0 Å². The summed E-state index contributed by atoms with van der Waals surface area (Å²) in [7, 11) is 0. The number of carbonyl (C=O) groups excluding carboxylic acids is 1. The summed E-state index contributed by atoms with van der Waals surface area (Å²) in [5, 5.41) is 3.20. The van der Waals surface area contributed by atoms with Gasteiger partial charge in [-0.3, -0.25) is 4.79 Å². The van der Waals surface area contributed by atoms with Crippen LogP contribution < -0.4 is 10.1 Å². The molecule has 26 heavy (non-hydrogen) atoms. The molecule has 140 valence electrons. The van der Waals surface area contributed by atoms with Crippen molar-refractivity contribution in [2.24, 2.45) is 0 Å². The average Bonchev–Trinajstić information content (AvgIpc) is 2.55. The van der Waals surface area contributed by atoms with E-state index in [2.05, 4.69) is 25.0 Å². The first-order chi connectivity index (χ1) is 12.2. The topological polar surface area (TPSA) is 77.0 Å². The third kappa shape index (κ3) is 7.26. The monoisotopic (exact) mass is 386 g/mol. The Morgan fingerprint density at radius 2 is 1.92 bits per heavy atom. The van der Waals surface area contributed by atoms with Crippen molar-refractivity contribution in [3.05, 3.63) is 41.3 Å². The first-order valence-electron chi connectivity index (χ1n) is 7.57. The van der Waals surface area contributed by atoms with Crippen LogP contribution in [0.1, 0.15) is 17.0 Å². The van der Waals surface area contributed by atoms with Crippen molar-refractivity contribution < 1.29 is 22.7 Å². The molecular weight excluding hydrogens is 369 g/mol. The summed E-state index contributed by atoms with van der Waals surface area (Å²) in [4.78, 5) is 24.1. The maximum absolute atomic E-state index is 12.1. The second-order valence-electron chi connectivity index (χ2n) is 5.40. The lowest BCUT2D eigenvalue weighted by molar-refractivity contribution is -0.154. The van der Waals surface area contributed by atoms with E-state index in [-0.39, 0.29) is 24.1 Å². The van der Waals surface area contributed by atoms with Gasteiger partial charge in [-0.2, -0.15) is 13.2 Å². The van der Waals surface area contributed by atoms with Crippen molar-refractivity contribution in [2.45, 2.75) is 31.7 Å². The molecule has 0 aromatic carbocycles. The van der Waals surface area contributed by atoms with Crippen LogP contribution in [-0.4, -0.2) is 39.4 Å². The molecule has 0 unspecified atom stereocenters. The van der Waals surface area contributed by atoms with Crippen LogP contribution in [0.25, 0.3) is 0 Å². The number of hydrogen-bond acceptors (Lipinski definition) is 6. The lowest BCUT2D eigenvalue weighted by Crippen LogP contribution is -2.25. The highest BCUT2D eigenvalue weighted by molar-refractivity contribution is 7.99. The summed E-state index contributed by atoms with van der Waals surface area (Å²) in [5.74, 6) is -0.259. The Morgan fingerprint density at radius 3 is 2.58 bits per heavy atom. The molecule has 2 aromatic rings. The number of thioether (sulfide) groups is 1. The second kappa shape index (κ2) is 8.84. The van der Waals surface area contributed by atoms with Gasteiger partial charge in [0.05, 0.1) is 5.75 Å². The molecule has 0 aliphatic heterocycles. The van der Waals surface area contributed by atoms with Gasteiger partial charge in [0.1, 0.15) is 0 Å². The van der Waals surface area contributed by atoms with Crippen LogP contribution in [0.3, 0.4) is 0 Å². The SMILES string of the molecule is Cc1cc(C)nc(SCC(=O)NCc2ccnc(OCC(F)(F)F)c2)n1. The molecule has 6 nitrogen and oxygen atoms in total. The molecule has 10 heteroatoms. The first kappa shape index (κ1) is 20.0. The van der Waals surface area contributed by atoms with Crippen LogP contribution in [0.15, 0.2) is 29.6 Å². The lowest BCUT2D eigenvalue weighted by Gasteiger charge is -2.10. The van der Waals surface area contributed by atoms with Crippen molar-refractivity contribution in [3.8, 4) is 5.88 Å². The molecule has 2 heterocycles. The molecule has 2 rings (SSSR count). The first-order valence-corrected chi connectivity index (χ1v) is 8.56. The third-order valence-electron chi connectivity index (χ3n) is 2.97. The molecule has 1 N–H and O–H groups in total. The van der Waals surface area contributed by atoms with Crippen LogP contribution in [0.5, 0.6) is 5.88 Å². The number of rotatable bonds is 7. The molecule has 1 amide bonds. The fraction of sp³-hybridized carbons (Fsp3) is 0.375. The Kier molecular flexibility index (Phi) is 6.78. The van der Waals surface area contributed by atoms with Crippen molar-refractivity contribution >= 4 is 17.7 Å². The highest BCUT2D eigenvalue weighted by Gasteiger charge is 2.28. The number of hydrogen-bond donors (Lipinski definition) is 1.